The molecule has 0 aromatic heterocycles. The molecule has 0 heterocycles. The number of allylic oxidation sites excluding steroid dienone is 5. The second kappa shape index (κ2) is 11.3. The van der Waals surface area contributed by atoms with Gasteiger partial charge in [0.1, 0.15) is 12.2 Å². The maximum absolute atomic E-state index is 14.0. The molecule has 4 nitrogen and oxygen atoms in total. The van der Waals surface area contributed by atoms with Crippen LogP contribution in [0.4, 0.5) is 13.2 Å². The van der Waals surface area contributed by atoms with E-state index in [2.05, 4.69) is 32.9 Å². The average Bonchev–Trinajstić information content (AvgIpc) is 2.62. The Morgan fingerprint density at radius 2 is 1.48 bits per heavy atom. The van der Waals surface area contributed by atoms with Gasteiger partial charge in [-0.2, -0.15) is 8.78 Å². The van der Waals surface area contributed by atoms with Gasteiger partial charge in [0.25, 0.3) is 5.91 Å². The summed E-state index contributed by atoms with van der Waals surface area (Å²) in [5.74, 6) is -8.98. The first kappa shape index (κ1) is 24.3. The maximum Gasteiger partial charge on any atom is 0.255 e. The van der Waals surface area contributed by atoms with Crippen molar-refractivity contribution in [2.75, 3.05) is 6.61 Å². The lowest BCUT2D eigenvalue weighted by atomic mass is 10.1. The summed E-state index contributed by atoms with van der Waals surface area (Å²) in [5, 5.41) is 9.53. The van der Waals surface area contributed by atoms with Gasteiger partial charge in [0.15, 0.2) is 17.3 Å². The molecule has 0 saturated heterocycles. The van der Waals surface area contributed by atoms with Gasteiger partial charge >= 0.3 is 0 Å². The van der Waals surface area contributed by atoms with Crippen LogP contribution in [0.5, 0.6) is 11.5 Å². The lowest BCUT2D eigenvalue weighted by molar-refractivity contribution is 0.0991. The van der Waals surface area contributed by atoms with Crippen LogP contribution in [-0.2, 0) is 0 Å². The van der Waals surface area contributed by atoms with Crippen LogP contribution in [0, 0.1) is 17.5 Å². The summed E-state index contributed by atoms with van der Waals surface area (Å²) in [7, 11) is 0. The summed E-state index contributed by atoms with van der Waals surface area (Å²) in [6, 6.07) is 0. The van der Waals surface area contributed by atoms with Crippen molar-refractivity contribution in [2.45, 2.75) is 53.4 Å². The smallest absolute Gasteiger partial charge is 0.255 e. The molecule has 7 heteroatoms. The lowest BCUT2D eigenvalue weighted by Crippen LogP contribution is -2.16. The van der Waals surface area contributed by atoms with Gasteiger partial charge in [-0.15, -0.1) is 0 Å². The number of hydrogen-bond donors (Lipinski definition) is 2. The number of amides is 1. The molecule has 1 aromatic rings. The SMILES string of the molecule is CC(C)=CCC/C(C)=C/CC/C(C)=C/COc1c(F)c(O)c(C(N)=O)c(F)c1F. The molecule has 0 aliphatic rings. The van der Waals surface area contributed by atoms with E-state index in [1.165, 1.54) is 11.1 Å². The van der Waals surface area contributed by atoms with Gasteiger partial charge in [-0.3, -0.25) is 4.79 Å². The summed E-state index contributed by atoms with van der Waals surface area (Å²) in [6.45, 7) is 7.82. The van der Waals surface area contributed by atoms with Gasteiger partial charge in [-0.25, -0.2) is 4.39 Å². The Kier molecular flexibility index (Phi) is 9.51. The van der Waals surface area contributed by atoms with Crippen molar-refractivity contribution in [3.63, 3.8) is 0 Å². The van der Waals surface area contributed by atoms with Crippen LogP contribution >= 0.6 is 0 Å². The predicted molar refractivity (Wildman–Crippen MR) is 107 cm³/mol. The number of carbonyl (C=O) groups excluding carboxylic acids is 1. The molecule has 0 fully saturated rings. The van der Waals surface area contributed by atoms with Crippen LogP contribution in [0.2, 0.25) is 0 Å². The maximum atomic E-state index is 14.0. The molecule has 0 aliphatic carbocycles. The van der Waals surface area contributed by atoms with Crippen LogP contribution in [0.15, 0.2) is 34.9 Å². The normalized spacial score (nSPS) is 12.1. The third kappa shape index (κ3) is 7.33. The molecular weight excluding hydrogens is 383 g/mol. The minimum atomic E-state index is -1.75. The Morgan fingerprint density at radius 3 is 2.03 bits per heavy atom. The number of halogens is 3. The van der Waals surface area contributed by atoms with Crippen molar-refractivity contribution in [3.05, 3.63) is 58.0 Å². The first-order valence-corrected chi connectivity index (χ1v) is 9.32. The van der Waals surface area contributed by atoms with Crippen molar-refractivity contribution in [1.29, 1.82) is 0 Å². The highest BCUT2D eigenvalue weighted by molar-refractivity contribution is 5.96. The van der Waals surface area contributed by atoms with Gasteiger partial charge in [-0.05, 0) is 59.5 Å². The topological polar surface area (TPSA) is 72.6 Å². The Hall–Kier alpha value is -2.70. The zero-order chi connectivity index (χ0) is 22.1. The van der Waals surface area contributed by atoms with E-state index in [0.29, 0.717) is 0 Å². The summed E-state index contributed by atoms with van der Waals surface area (Å²) in [5.41, 5.74) is 7.09. The van der Waals surface area contributed by atoms with E-state index < -0.39 is 40.4 Å². The molecule has 0 atom stereocenters. The minimum absolute atomic E-state index is 0.224. The van der Waals surface area contributed by atoms with Crippen molar-refractivity contribution >= 4 is 5.91 Å². The third-order valence-corrected chi connectivity index (χ3v) is 4.28. The van der Waals surface area contributed by atoms with E-state index >= 15 is 0 Å². The molecule has 0 spiro atoms. The van der Waals surface area contributed by atoms with Crippen molar-refractivity contribution in [3.8, 4) is 11.5 Å². The zero-order valence-corrected chi connectivity index (χ0v) is 17.2. The van der Waals surface area contributed by atoms with Gasteiger partial charge in [0, 0.05) is 0 Å². The van der Waals surface area contributed by atoms with Crippen LogP contribution in [0.1, 0.15) is 63.7 Å². The number of carbonyl (C=O) groups is 1. The summed E-state index contributed by atoms with van der Waals surface area (Å²) in [6.07, 6.45) is 9.49. The highest BCUT2D eigenvalue weighted by Crippen LogP contribution is 2.35. The number of benzene rings is 1. The fourth-order valence-corrected chi connectivity index (χ4v) is 2.58. The Balaban J connectivity index is 2.67. The highest BCUT2D eigenvalue weighted by atomic mass is 19.2. The number of primary amides is 1. The summed E-state index contributed by atoms with van der Waals surface area (Å²) in [4.78, 5) is 11.0. The van der Waals surface area contributed by atoms with Crippen molar-refractivity contribution < 1.29 is 27.8 Å². The van der Waals surface area contributed by atoms with Gasteiger partial charge < -0.3 is 15.6 Å². The van der Waals surface area contributed by atoms with Crippen LogP contribution in [-0.4, -0.2) is 17.6 Å². The van der Waals surface area contributed by atoms with Gasteiger partial charge in [0.2, 0.25) is 11.6 Å². The number of nitrogens with two attached hydrogens (primary N) is 1. The van der Waals surface area contributed by atoms with Crippen LogP contribution < -0.4 is 10.5 Å². The van der Waals surface area contributed by atoms with E-state index in [1.807, 2.05) is 6.92 Å². The van der Waals surface area contributed by atoms with E-state index in [4.69, 9.17) is 10.5 Å². The highest BCUT2D eigenvalue weighted by Gasteiger charge is 2.28. The van der Waals surface area contributed by atoms with Crippen molar-refractivity contribution in [1.82, 2.24) is 0 Å². The first-order chi connectivity index (χ1) is 13.6. The van der Waals surface area contributed by atoms with E-state index in [9.17, 15) is 23.1 Å². The molecular formula is C22H28F3NO3. The molecule has 29 heavy (non-hydrogen) atoms. The van der Waals surface area contributed by atoms with E-state index in [-0.39, 0.29) is 6.61 Å². The molecule has 3 N–H and O–H groups in total. The standard InChI is InChI=1S/C22H28F3NO3/c1-13(2)7-5-8-14(3)9-6-10-15(4)11-12-29-21-18(24)17(23)16(22(26)28)20(27)19(21)25/h7,9,11,27H,5-6,8,10,12H2,1-4H3,(H2,26,28)/b14-9+,15-11+. The predicted octanol–water partition coefficient (Wildman–Crippen LogP) is 5.71. The lowest BCUT2D eigenvalue weighted by Gasteiger charge is -2.11. The number of hydrogen-bond acceptors (Lipinski definition) is 3. The van der Waals surface area contributed by atoms with Crippen LogP contribution in [0.3, 0.4) is 0 Å². The Labute approximate surface area is 169 Å². The van der Waals surface area contributed by atoms with E-state index in [0.717, 1.165) is 31.3 Å². The first-order valence-electron chi connectivity index (χ1n) is 9.32. The second-order valence-corrected chi connectivity index (χ2v) is 7.13. The van der Waals surface area contributed by atoms with Crippen LogP contribution in [0.25, 0.3) is 0 Å². The molecule has 160 valence electrons. The molecule has 1 rings (SSSR count). The van der Waals surface area contributed by atoms with Gasteiger partial charge in [-0.1, -0.05) is 28.9 Å². The summed E-state index contributed by atoms with van der Waals surface area (Å²) < 4.78 is 46.7. The van der Waals surface area contributed by atoms with Crippen molar-refractivity contribution in [2.24, 2.45) is 5.73 Å². The second-order valence-electron chi connectivity index (χ2n) is 7.13. The molecule has 0 bridgehead atoms. The molecule has 0 saturated carbocycles. The zero-order valence-electron chi connectivity index (χ0n) is 17.2. The Bertz CT molecular complexity index is 809. The molecule has 0 aliphatic heterocycles. The fourth-order valence-electron chi connectivity index (χ4n) is 2.58. The average molecular weight is 411 g/mol. The number of phenols is 1. The number of aromatic hydroxyl groups is 1. The molecule has 1 aromatic carbocycles. The molecule has 0 unspecified atom stereocenters. The molecule has 0 radical (unpaired) electrons. The molecule has 1 amide bonds. The fraction of sp³-hybridized carbons (Fsp3) is 0.409. The summed E-state index contributed by atoms with van der Waals surface area (Å²) >= 11 is 0. The number of rotatable bonds is 10. The third-order valence-electron chi connectivity index (χ3n) is 4.28. The quantitative estimate of drug-likeness (QED) is 0.383. The number of ether oxygens (including phenoxy) is 1. The Morgan fingerprint density at radius 1 is 0.931 bits per heavy atom. The van der Waals surface area contributed by atoms with Gasteiger partial charge in [0.05, 0.1) is 0 Å². The largest absolute Gasteiger partial charge is 0.504 e. The monoisotopic (exact) mass is 411 g/mol. The van der Waals surface area contributed by atoms with E-state index in [1.54, 1.807) is 6.08 Å². The minimum Gasteiger partial charge on any atom is -0.504 e.